The Kier molecular flexibility index (Phi) is 6.58. The van der Waals surface area contributed by atoms with E-state index in [0.29, 0.717) is 50.8 Å². The van der Waals surface area contributed by atoms with Crippen molar-refractivity contribution in [1.29, 1.82) is 0 Å². The predicted octanol–water partition coefficient (Wildman–Crippen LogP) is 1.27. The average molecular weight is 410 g/mol. The number of carbonyl (C=O) groups excluding carboxylic acids is 1. The number of carbonyl (C=O) groups is 1. The summed E-state index contributed by atoms with van der Waals surface area (Å²) < 4.78 is 43.7. The molecule has 1 aromatic rings. The van der Waals surface area contributed by atoms with Crippen molar-refractivity contribution < 1.29 is 27.4 Å². The van der Waals surface area contributed by atoms with Gasteiger partial charge in [0.15, 0.2) is 11.5 Å². The highest BCUT2D eigenvalue weighted by Gasteiger charge is 2.32. The highest BCUT2D eigenvalue weighted by molar-refractivity contribution is 7.89. The Morgan fingerprint density at radius 3 is 2.57 bits per heavy atom. The van der Waals surface area contributed by atoms with Gasteiger partial charge in [0.05, 0.1) is 11.5 Å². The molecule has 0 N–H and O–H groups in total. The molecule has 1 atom stereocenters. The Morgan fingerprint density at radius 1 is 1.21 bits per heavy atom. The van der Waals surface area contributed by atoms with Crippen LogP contribution in [0, 0.1) is 0 Å². The van der Waals surface area contributed by atoms with E-state index in [4.69, 9.17) is 14.2 Å². The molecule has 8 nitrogen and oxygen atoms in total. The van der Waals surface area contributed by atoms with Crippen molar-refractivity contribution in [1.82, 2.24) is 9.21 Å². The van der Waals surface area contributed by atoms with Crippen LogP contribution in [0.25, 0.3) is 0 Å². The smallest absolute Gasteiger partial charge is 0.251 e. The van der Waals surface area contributed by atoms with Crippen molar-refractivity contribution >= 4 is 15.9 Å². The lowest BCUT2D eigenvalue weighted by Crippen LogP contribution is -2.52. The van der Waals surface area contributed by atoms with E-state index >= 15 is 0 Å². The van der Waals surface area contributed by atoms with Gasteiger partial charge < -0.3 is 19.1 Å². The molecule has 0 aromatic heterocycles. The van der Waals surface area contributed by atoms with Gasteiger partial charge in [-0.05, 0) is 25.5 Å². The average Bonchev–Trinajstić information content (AvgIpc) is 2.73. The van der Waals surface area contributed by atoms with Crippen molar-refractivity contribution in [3.8, 4) is 11.5 Å². The molecule has 0 saturated carbocycles. The van der Waals surface area contributed by atoms with Crippen LogP contribution < -0.4 is 9.47 Å². The first-order valence-electron chi connectivity index (χ1n) is 9.34. The maximum atomic E-state index is 12.9. The molecule has 1 unspecified atom stereocenters. The second kappa shape index (κ2) is 8.93. The van der Waals surface area contributed by atoms with Crippen LogP contribution in [0.15, 0.2) is 35.7 Å². The van der Waals surface area contributed by atoms with E-state index in [-0.39, 0.29) is 23.9 Å². The van der Waals surface area contributed by atoms with Crippen molar-refractivity contribution in [2.45, 2.75) is 24.3 Å². The first-order valence-corrected chi connectivity index (χ1v) is 10.8. The van der Waals surface area contributed by atoms with Gasteiger partial charge in [0, 0.05) is 32.2 Å². The lowest BCUT2D eigenvalue weighted by atomic mass is 10.3. The summed E-state index contributed by atoms with van der Waals surface area (Å²) in [6, 6.07) is 4.64. The van der Waals surface area contributed by atoms with E-state index < -0.39 is 16.1 Å². The molecule has 1 aromatic carbocycles. The molecule has 1 saturated heterocycles. The van der Waals surface area contributed by atoms with Gasteiger partial charge in [-0.25, -0.2) is 8.42 Å². The molecule has 0 aliphatic carbocycles. The minimum absolute atomic E-state index is 0.125. The van der Waals surface area contributed by atoms with Crippen LogP contribution in [0.5, 0.6) is 11.5 Å². The van der Waals surface area contributed by atoms with Gasteiger partial charge in [0.25, 0.3) is 5.91 Å². The molecule has 28 heavy (non-hydrogen) atoms. The fourth-order valence-electron chi connectivity index (χ4n) is 3.14. The van der Waals surface area contributed by atoms with Crippen LogP contribution in [0.1, 0.15) is 13.3 Å². The lowest BCUT2D eigenvalue weighted by Gasteiger charge is -2.35. The van der Waals surface area contributed by atoms with E-state index in [0.717, 1.165) is 0 Å². The van der Waals surface area contributed by atoms with Gasteiger partial charge in [-0.2, -0.15) is 4.31 Å². The number of nitrogens with zero attached hydrogens (tertiary/aromatic N) is 2. The molecule has 154 valence electrons. The summed E-state index contributed by atoms with van der Waals surface area (Å²) in [7, 11) is -3.66. The Balaban J connectivity index is 1.61. The molecule has 2 heterocycles. The zero-order chi connectivity index (χ0) is 20.1. The maximum Gasteiger partial charge on any atom is 0.251 e. The fourth-order valence-corrected chi connectivity index (χ4v) is 4.58. The Labute approximate surface area is 165 Å². The number of amides is 1. The van der Waals surface area contributed by atoms with Crippen LogP contribution in [0.4, 0.5) is 0 Å². The predicted molar refractivity (Wildman–Crippen MR) is 103 cm³/mol. The second-order valence-corrected chi connectivity index (χ2v) is 8.56. The molecule has 9 heteroatoms. The third kappa shape index (κ3) is 4.48. The number of benzene rings is 1. The van der Waals surface area contributed by atoms with Gasteiger partial charge >= 0.3 is 0 Å². The summed E-state index contributed by atoms with van der Waals surface area (Å²) in [6.45, 7) is 7.75. The topological polar surface area (TPSA) is 85.4 Å². The van der Waals surface area contributed by atoms with Crippen LogP contribution >= 0.6 is 0 Å². The van der Waals surface area contributed by atoms with E-state index in [1.165, 1.54) is 16.4 Å². The zero-order valence-corrected chi connectivity index (χ0v) is 16.8. The quantitative estimate of drug-likeness (QED) is 0.497. The number of sulfonamides is 1. The number of hydrogen-bond donors (Lipinski definition) is 0. The number of rotatable bonds is 7. The molecule has 1 fully saturated rings. The highest BCUT2D eigenvalue weighted by atomic mass is 32.2. The minimum Gasteiger partial charge on any atom is -0.486 e. The fraction of sp³-hybridized carbons (Fsp3) is 0.526. The molecular formula is C19H26N2O6S. The third-order valence-electron chi connectivity index (χ3n) is 4.74. The second-order valence-electron chi connectivity index (χ2n) is 6.63. The monoisotopic (exact) mass is 410 g/mol. The SMILES string of the molecule is C=CCCOC(C)C(=O)N1CCN(S(=O)(=O)c2ccc3c(c2)OCCO3)CC1. The third-order valence-corrected chi connectivity index (χ3v) is 6.63. The van der Waals surface area contributed by atoms with Gasteiger partial charge in [-0.3, -0.25) is 4.79 Å². The summed E-state index contributed by atoms with van der Waals surface area (Å²) in [4.78, 5) is 14.3. The summed E-state index contributed by atoms with van der Waals surface area (Å²) in [5.41, 5.74) is 0. The van der Waals surface area contributed by atoms with E-state index in [1.54, 1.807) is 24.0 Å². The van der Waals surface area contributed by atoms with Crippen molar-refractivity contribution in [3.05, 3.63) is 30.9 Å². The van der Waals surface area contributed by atoms with E-state index in [2.05, 4.69) is 6.58 Å². The summed E-state index contributed by atoms with van der Waals surface area (Å²) >= 11 is 0. The van der Waals surface area contributed by atoms with Crippen LogP contribution in [0.2, 0.25) is 0 Å². The van der Waals surface area contributed by atoms with E-state index in [9.17, 15) is 13.2 Å². The molecule has 0 spiro atoms. The van der Waals surface area contributed by atoms with Gasteiger partial charge in [0.2, 0.25) is 10.0 Å². The Bertz CT molecular complexity index is 818. The molecule has 0 radical (unpaired) electrons. The Hall–Kier alpha value is -2.10. The Morgan fingerprint density at radius 2 is 1.89 bits per heavy atom. The van der Waals surface area contributed by atoms with Crippen molar-refractivity contribution in [2.24, 2.45) is 0 Å². The van der Waals surface area contributed by atoms with Gasteiger partial charge in [0.1, 0.15) is 19.3 Å². The number of ether oxygens (including phenoxy) is 3. The molecule has 2 aliphatic heterocycles. The van der Waals surface area contributed by atoms with Crippen molar-refractivity contribution in [3.63, 3.8) is 0 Å². The minimum atomic E-state index is -3.66. The molecule has 1 amide bonds. The molecule has 2 aliphatic rings. The highest BCUT2D eigenvalue weighted by Crippen LogP contribution is 2.33. The maximum absolute atomic E-state index is 12.9. The van der Waals surface area contributed by atoms with Crippen LogP contribution in [0.3, 0.4) is 0 Å². The standard InChI is InChI=1S/C19H26N2O6S/c1-3-4-11-25-15(2)19(22)20-7-9-21(10-8-20)28(23,24)16-5-6-17-18(14-16)27-13-12-26-17/h3,5-6,14-15H,1,4,7-13H2,2H3. The zero-order valence-electron chi connectivity index (χ0n) is 16.0. The number of hydrogen-bond acceptors (Lipinski definition) is 6. The largest absolute Gasteiger partial charge is 0.486 e. The first kappa shape index (κ1) is 20.6. The number of fused-ring (bicyclic) bond motifs is 1. The van der Waals surface area contributed by atoms with Gasteiger partial charge in [-0.1, -0.05) is 6.08 Å². The molecule has 0 bridgehead atoms. The summed E-state index contributed by atoms with van der Waals surface area (Å²) in [6.07, 6.45) is 1.86. The molecular weight excluding hydrogens is 384 g/mol. The van der Waals surface area contributed by atoms with Crippen LogP contribution in [-0.2, 0) is 19.6 Å². The summed E-state index contributed by atoms with van der Waals surface area (Å²) in [5, 5.41) is 0. The normalized spacial score (nSPS) is 18.5. The summed E-state index contributed by atoms with van der Waals surface area (Å²) in [5.74, 6) is 0.859. The van der Waals surface area contributed by atoms with Gasteiger partial charge in [-0.15, -0.1) is 6.58 Å². The van der Waals surface area contributed by atoms with Crippen molar-refractivity contribution in [2.75, 3.05) is 46.0 Å². The lowest BCUT2D eigenvalue weighted by molar-refractivity contribution is -0.143. The number of piperazine rings is 1. The van der Waals surface area contributed by atoms with Crippen LogP contribution in [-0.4, -0.2) is 75.6 Å². The first-order chi connectivity index (χ1) is 13.4. The molecule has 3 rings (SSSR count). The van der Waals surface area contributed by atoms with E-state index in [1.807, 2.05) is 0 Å².